The van der Waals surface area contributed by atoms with Gasteiger partial charge in [-0.25, -0.2) is 0 Å². The van der Waals surface area contributed by atoms with Crippen LogP contribution < -0.4 is 10.5 Å². The summed E-state index contributed by atoms with van der Waals surface area (Å²) in [5.41, 5.74) is 9.45. The average Bonchev–Trinajstić information content (AvgIpc) is 2.84. The van der Waals surface area contributed by atoms with E-state index in [4.69, 9.17) is 29.4 Å². The first-order chi connectivity index (χ1) is 18.8. The molecular formula is C29H35NO9S. The molecule has 0 saturated carbocycles. The summed E-state index contributed by atoms with van der Waals surface area (Å²) in [6.45, 7) is 8.64. The minimum atomic E-state index is -1.22. The van der Waals surface area contributed by atoms with E-state index in [9.17, 15) is 19.2 Å². The van der Waals surface area contributed by atoms with Crippen molar-refractivity contribution in [2.75, 3.05) is 12.3 Å². The molecule has 40 heavy (non-hydrogen) atoms. The highest BCUT2D eigenvalue weighted by Crippen LogP contribution is 2.40. The topological polar surface area (TPSA) is 140 Å². The Kier molecular flexibility index (Phi) is 10.4. The zero-order valence-corrected chi connectivity index (χ0v) is 24.2. The number of hydrogen-bond acceptors (Lipinski definition) is 11. The fourth-order valence-corrected chi connectivity index (χ4v) is 5.92. The monoisotopic (exact) mass is 573 g/mol. The second-order valence-electron chi connectivity index (χ2n) is 9.66. The molecule has 3 rings (SSSR count). The Morgan fingerprint density at radius 2 is 1.38 bits per heavy atom. The number of nitrogens with two attached hydrogens (primary N) is 1. The first kappa shape index (κ1) is 30.8. The fourth-order valence-electron chi connectivity index (χ4n) is 4.54. The van der Waals surface area contributed by atoms with E-state index < -0.39 is 52.9 Å². The summed E-state index contributed by atoms with van der Waals surface area (Å²) in [6.07, 6.45) is -2.90. The molecule has 0 radical (unpaired) electrons. The van der Waals surface area contributed by atoms with E-state index in [1.165, 1.54) is 39.5 Å². The molecule has 0 aliphatic carbocycles. The normalized spacial score (nSPS) is 22.1. The lowest BCUT2D eigenvalue weighted by atomic mass is 9.97. The second kappa shape index (κ2) is 13.6. The number of ether oxygens (including phenoxy) is 5. The van der Waals surface area contributed by atoms with Crippen LogP contribution >= 0.6 is 11.8 Å². The molecule has 11 heteroatoms. The van der Waals surface area contributed by atoms with Crippen LogP contribution in [-0.4, -0.2) is 59.5 Å². The number of carbonyl (C=O) groups is 4. The number of nitrogen functional groups attached to an aromatic ring is 1. The Morgan fingerprint density at radius 1 is 0.800 bits per heavy atom. The van der Waals surface area contributed by atoms with Gasteiger partial charge in [0.2, 0.25) is 0 Å². The van der Waals surface area contributed by atoms with Crippen molar-refractivity contribution in [2.24, 2.45) is 0 Å². The van der Waals surface area contributed by atoms with E-state index >= 15 is 0 Å². The van der Waals surface area contributed by atoms with Crippen LogP contribution in [0.3, 0.4) is 0 Å². The Balaban J connectivity index is 2.06. The minimum absolute atomic E-state index is 0.159. The SMILES string of the molecule is CC(=O)OC[C@H]1S[C@@H](Oc2cc(C)cc(C)c2Cc2ccc(N)cc2)[C@H](OC(C)=O)[C@@H](OC(C)=O)[C@@H]1OC(C)=O. The lowest BCUT2D eigenvalue weighted by Gasteiger charge is -2.43. The van der Waals surface area contributed by atoms with Gasteiger partial charge in [-0.15, -0.1) is 11.8 Å². The average molecular weight is 574 g/mol. The molecule has 0 unspecified atom stereocenters. The number of aryl methyl sites for hydroxylation is 2. The molecule has 1 saturated heterocycles. The van der Waals surface area contributed by atoms with E-state index in [1.54, 1.807) is 0 Å². The second-order valence-corrected chi connectivity index (χ2v) is 11.0. The predicted molar refractivity (Wildman–Crippen MR) is 149 cm³/mol. The molecule has 1 aliphatic rings. The quantitative estimate of drug-likeness (QED) is 0.267. The van der Waals surface area contributed by atoms with Crippen LogP contribution in [0.4, 0.5) is 5.69 Å². The third-order valence-corrected chi connectivity index (χ3v) is 7.51. The van der Waals surface area contributed by atoms with Gasteiger partial charge >= 0.3 is 23.9 Å². The maximum Gasteiger partial charge on any atom is 0.303 e. The Labute approximate surface area is 237 Å². The van der Waals surface area contributed by atoms with Crippen molar-refractivity contribution in [3.05, 3.63) is 58.7 Å². The third kappa shape index (κ3) is 8.38. The molecule has 2 aromatic rings. The molecule has 1 fully saturated rings. The van der Waals surface area contributed by atoms with Crippen molar-refractivity contribution in [3.8, 4) is 5.75 Å². The van der Waals surface area contributed by atoms with Crippen molar-refractivity contribution in [1.29, 1.82) is 0 Å². The predicted octanol–water partition coefficient (Wildman–Crippen LogP) is 3.65. The van der Waals surface area contributed by atoms with Gasteiger partial charge in [-0.3, -0.25) is 19.2 Å². The number of carbonyl (C=O) groups excluding carboxylic acids is 4. The largest absolute Gasteiger partial charge is 0.475 e. The Bertz CT molecular complexity index is 1250. The standard InChI is InChI=1S/C29H35NO9S/c1-15-11-16(2)23(13-21-7-9-22(30)10-8-21)24(12-15)39-29-28(38-20(6)34)27(37-19(5)33)26(36-18(4)32)25(40-29)14-35-17(3)31/h7-12,25-29H,13-14,30H2,1-6H3/t25-,26-,27+,28-,29-/m1/s1. The summed E-state index contributed by atoms with van der Waals surface area (Å²) in [4.78, 5) is 48.0. The molecule has 10 nitrogen and oxygen atoms in total. The van der Waals surface area contributed by atoms with Crippen molar-refractivity contribution in [2.45, 2.75) is 77.0 Å². The first-order valence-corrected chi connectivity index (χ1v) is 13.7. The van der Waals surface area contributed by atoms with Gasteiger partial charge in [0, 0.05) is 45.4 Å². The smallest absolute Gasteiger partial charge is 0.303 e. The molecule has 2 N–H and O–H groups in total. The van der Waals surface area contributed by atoms with Gasteiger partial charge in [0.05, 0.1) is 5.25 Å². The molecule has 1 aliphatic heterocycles. The lowest BCUT2D eigenvalue weighted by Crippen LogP contribution is -2.59. The summed E-state index contributed by atoms with van der Waals surface area (Å²) in [5, 5.41) is -0.694. The zero-order chi connectivity index (χ0) is 29.6. The highest BCUT2D eigenvalue weighted by molar-refractivity contribution is 8.00. The summed E-state index contributed by atoms with van der Waals surface area (Å²) in [5.74, 6) is -1.95. The van der Waals surface area contributed by atoms with Gasteiger partial charge in [0.25, 0.3) is 0 Å². The number of esters is 4. The van der Waals surface area contributed by atoms with Gasteiger partial charge in [-0.05, 0) is 48.7 Å². The van der Waals surface area contributed by atoms with Gasteiger partial charge in [-0.1, -0.05) is 18.2 Å². The molecular weight excluding hydrogens is 538 g/mol. The molecule has 0 aromatic heterocycles. The Hall–Kier alpha value is -3.73. The molecule has 2 aromatic carbocycles. The van der Waals surface area contributed by atoms with Gasteiger partial charge in [0.15, 0.2) is 23.7 Å². The minimum Gasteiger partial charge on any atom is -0.475 e. The fraction of sp³-hybridized carbons (Fsp3) is 0.448. The molecule has 0 spiro atoms. The van der Waals surface area contributed by atoms with Crippen LogP contribution in [0, 0.1) is 13.8 Å². The van der Waals surface area contributed by atoms with Crippen LogP contribution in [0.1, 0.15) is 49.9 Å². The van der Waals surface area contributed by atoms with E-state index in [0.717, 1.165) is 22.3 Å². The molecule has 1 heterocycles. The number of hydrogen-bond donors (Lipinski definition) is 1. The highest BCUT2D eigenvalue weighted by atomic mass is 32.2. The lowest BCUT2D eigenvalue weighted by molar-refractivity contribution is -0.190. The van der Waals surface area contributed by atoms with Gasteiger partial charge in [-0.2, -0.15) is 0 Å². The first-order valence-electron chi connectivity index (χ1n) is 12.8. The van der Waals surface area contributed by atoms with Crippen molar-refractivity contribution in [3.63, 3.8) is 0 Å². The maximum atomic E-state index is 12.2. The van der Waals surface area contributed by atoms with Crippen molar-refractivity contribution >= 4 is 41.3 Å². The number of benzene rings is 2. The zero-order valence-electron chi connectivity index (χ0n) is 23.4. The van der Waals surface area contributed by atoms with Crippen LogP contribution in [0.2, 0.25) is 0 Å². The third-order valence-electron chi connectivity index (χ3n) is 6.13. The Morgan fingerprint density at radius 3 is 1.95 bits per heavy atom. The summed E-state index contributed by atoms with van der Waals surface area (Å²) in [6, 6.07) is 11.4. The number of thioether (sulfide) groups is 1. The summed E-state index contributed by atoms with van der Waals surface area (Å²) < 4.78 is 28.5. The molecule has 5 atom stereocenters. The number of anilines is 1. The van der Waals surface area contributed by atoms with Crippen LogP contribution in [-0.2, 0) is 44.5 Å². The van der Waals surface area contributed by atoms with E-state index in [1.807, 2.05) is 50.2 Å². The van der Waals surface area contributed by atoms with Crippen molar-refractivity contribution in [1.82, 2.24) is 0 Å². The van der Waals surface area contributed by atoms with E-state index in [-0.39, 0.29) is 6.61 Å². The summed E-state index contributed by atoms with van der Waals surface area (Å²) >= 11 is 1.17. The maximum absolute atomic E-state index is 12.2. The van der Waals surface area contributed by atoms with Crippen LogP contribution in [0.5, 0.6) is 5.75 Å². The number of rotatable bonds is 9. The molecule has 216 valence electrons. The van der Waals surface area contributed by atoms with E-state index in [0.29, 0.717) is 17.9 Å². The highest BCUT2D eigenvalue weighted by Gasteiger charge is 2.53. The van der Waals surface area contributed by atoms with Crippen molar-refractivity contribution < 1.29 is 42.9 Å². The van der Waals surface area contributed by atoms with Crippen LogP contribution in [0.25, 0.3) is 0 Å². The van der Waals surface area contributed by atoms with Gasteiger partial charge < -0.3 is 29.4 Å². The van der Waals surface area contributed by atoms with E-state index in [2.05, 4.69) is 0 Å². The van der Waals surface area contributed by atoms with Crippen LogP contribution in [0.15, 0.2) is 36.4 Å². The van der Waals surface area contributed by atoms with Gasteiger partial charge in [0.1, 0.15) is 12.4 Å². The molecule has 0 bridgehead atoms. The molecule has 0 amide bonds. The summed E-state index contributed by atoms with van der Waals surface area (Å²) in [7, 11) is 0.